The van der Waals surface area contributed by atoms with E-state index in [2.05, 4.69) is 4.98 Å². The summed E-state index contributed by atoms with van der Waals surface area (Å²) < 4.78 is 10.1. The molecule has 0 saturated heterocycles. The van der Waals surface area contributed by atoms with E-state index in [0.717, 1.165) is 0 Å². The Balaban J connectivity index is 2.08. The van der Waals surface area contributed by atoms with Crippen LogP contribution in [0, 0.1) is 0 Å². The maximum absolute atomic E-state index is 11.8. The molecular weight excluding hydrogens is 246 g/mol. The lowest BCUT2D eigenvalue weighted by Gasteiger charge is -2.07. The topological polar surface area (TPSA) is 68.7 Å². The van der Waals surface area contributed by atoms with E-state index in [0.29, 0.717) is 11.4 Å². The minimum atomic E-state index is -0.623. The predicted octanol–water partition coefficient (Wildman–Crippen LogP) is 2.15. The molecule has 0 unspecified atom stereocenters. The first-order chi connectivity index (χ1) is 9.20. The van der Waals surface area contributed by atoms with Crippen molar-refractivity contribution in [2.75, 3.05) is 7.11 Å². The van der Waals surface area contributed by atoms with E-state index >= 15 is 0 Å². The molecular formula is C14H13NO4. The molecule has 2 rings (SSSR count). The third-order valence-electron chi connectivity index (χ3n) is 2.50. The summed E-state index contributed by atoms with van der Waals surface area (Å²) in [6.45, 7) is 0.0519. The molecule has 1 heterocycles. The van der Waals surface area contributed by atoms with Gasteiger partial charge in [0.25, 0.3) is 0 Å². The summed E-state index contributed by atoms with van der Waals surface area (Å²) in [6, 6.07) is 9.70. The van der Waals surface area contributed by atoms with Gasteiger partial charge in [-0.2, -0.15) is 0 Å². The molecule has 1 aromatic heterocycles. The second-order valence-corrected chi connectivity index (χ2v) is 3.78. The molecule has 0 fully saturated rings. The van der Waals surface area contributed by atoms with Crippen LogP contribution < -0.4 is 4.74 Å². The number of phenols is 1. The zero-order valence-corrected chi connectivity index (χ0v) is 10.4. The van der Waals surface area contributed by atoms with Crippen LogP contribution in [0.1, 0.15) is 16.1 Å². The van der Waals surface area contributed by atoms with E-state index < -0.39 is 5.97 Å². The van der Waals surface area contributed by atoms with Gasteiger partial charge in [-0.3, -0.25) is 4.98 Å². The highest BCUT2D eigenvalue weighted by Gasteiger charge is 2.14. The molecule has 1 N–H and O–H groups in total. The number of ether oxygens (including phenoxy) is 2. The van der Waals surface area contributed by atoms with Crippen LogP contribution in [-0.4, -0.2) is 23.2 Å². The molecule has 0 atom stereocenters. The van der Waals surface area contributed by atoms with Crippen molar-refractivity contribution in [1.29, 1.82) is 0 Å². The van der Waals surface area contributed by atoms with Gasteiger partial charge in [-0.05, 0) is 30.3 Å². The first-order valence-corrected chi connectivity index (χ1v) is 5.64. The molecule has 0 bridgehead atoms. The van der Waals surface area contributed by atoms with E-state index in [1.54, 1.807) is 30.5 Å². The number of esters is 1. The van der Waals surface area contributed by atoms with Gasteiger partial charge >= 0.3 is 5.97 Å². The van der Waals surface area contributed by atoms with Crippen LogP contribution in [0.3, 0.4) is 0 Å². The number of aromatic hydroxyl groups is 1. The second-order valence-electron chi connectivity index (χ2n) is 3.78. The first kappa shape index (κ1) is 12.9. The number of nitrogens with zero attached hydrogens (tertiary/aromatic N) is 1. The smallest absolute Gasteiger partial charge is 0.342 e. The Morgan fingerprint density at radius 1 is 1.32 bits per heavy atom. The normalized spacial score (nSPS) is 9.95. The summed E-state index contributed by atoms with van der Waals surface area (Å²) in [7, 11) is 1.48. The summed E-state index contributed by atoms with van der Waals surface area (Å²) in [6.07, 6.45) is 1.62. The average molecular weight is 259 g/mol. The number of hydrogen-bond donors (Lipinski definition) is 1. The number of aromatic nitrogens is 1. The summed E-state index contributed by atoms with van der Waals surface area (Å²) in [4.78, 5) is 15.9. The number of hydrogen-bond acceptors (Lipinski definition) is 5. The fraction of sp³-hybridized carbons (Fsp3) is 0.143. The van der Waals surface area contributed by atoms with Crippen molar-refractivity contribution >= 4 is 5.97 Å². The van der Waals surface area contributed by atoms with Crippen LogP contribution in [0.5, 0.6) is 11.5 Å². The monoisotopic (exact) mass is 259 g/mol. The summed E-state index contributed by atoms with van der Waals surface area (Å²) in [5.74, 6) is -0.295. The Morgan fingerprint density at radius 2 is 2.16 bits per heavy atom. The molecule has 0 saturated carbocycles. The standard InChI is InChI=1S/C14H13NO4/c1-18-11-5-6-13(16)12(8-11)14(17)19-9-10-4-2-3-7-15-10/h2-8,16H,9H2,1H3. The summed E-state index contributed by atoms with van der Waals surface area (Å²) in [5.41, 5.74) is 0.702. The maximum atomic E-state index is 11.8. The molecule has 5 heteroatoms. The number of benzene rings is 1. The summed E-state index contributed by atoms with van der Waals surface area (Å²) in [5, 5.41) is 9.63. The molecule has 19 heavy (non-hydrogen) atoms. The third-order valence-corrected chi connectivity index (χ3v) is 2.50. The second kappa shape index (κ2) is 5.86. The van der Waals surface area contributed by atoms with Crippen LogP contribution in [0.4, 0.5) is 0 Å². The molecule has 0 aliphatic carbocycles. The molecule has 0 aliphatic rings. The molecule has 0 spiro atoms. The van der Waals surface area contributed by atoms with Crippen molar-refractivity contribution in [3.05, 3.63) is 53.9 Å². The van der Waals surface area contributed by atoms with Crippen molar-refractivity contribution in [3.63, 3.8) is 0 Å². The van der Waals surface area contributed by atoms with E-state index in [4.69, 9.17) is 9.47 Å². The lowest BCUT2D eigenvalue weighted by atomic mass is 10.2. The van der Waals surface area contributed by atoms with Crippen molar-refractivity contribution in [3.8, 4) is 11.5 Å². The first-order valence-electron chi connectivity index (χ1n) is 5.64. The predicted molar refractivity (Wildman–Crippen MR) is 68.0 cm³/mol. The Kier molecular flexibility index (Phi) is 3.97. The molecule has 0 aliphatic heterocycles. The quantitative estimate of drug-likeness (QED) is 0.852. The Hall–Kier alpha value is -2.56. The van der Waals surface area contributed by atoms with Crippen molar-refractivity contribution < 1.29 is 19.4 Å². The zero-order valence-electron chi connectivity index (χ0n) is 10.4. The number of methoxy groups -OCH3 is 1. The lowest BCUT2D eigenvalue weighted by molar-refractivity contribution is 0.0464. The number of phenolic OH excluding ortho intramolecular Hbond substituents is 1. The molecule has 0 amide bonds. The third kappa shape index (κ3) is 3.22. The fourth-order valence-corrected chi connectivity index (χ4v) is 1.51. The SMILES string of the molecule is COc1ccc(O)c(C(=O)OCc2ccccn2)c1. The summed E-state index contributed by atoms with van der Waals surface area (Å²) >= 11 is 0. The van der Waals surface area contributed by atoms with Crippen LogP contribution in [-0.2, 0) is 11.3 Å². The number of carbonyl (C=O) groups is 1. The zero-order chi connectivity index (χ0) is 13.7. The van der Waals surface area contributed by atoms with E-state index in [-0.39, 0.29) is 17.9 Å². The van der Waals surface area contributed by atoms with Crippen LogP contribution in [0.2, 0.25) is 0 Å². The lowest BCUT2D eigenvalue weighted by Crippen LogP contribution is -2.06. The van der Waals surface area contributed by atoms with Gasteiger partial charge < -0.3 is 14.6 Å². The number of carbonyl (C=O) groups excluding carboxylic acids is 1. The van der Waals surface area contributed by atoms with Crippen molar-refractivity contribution in [2.24, 2.45) is 0 Å². The molecule has 98 valence electrons. The van der Waals surface area contributed by atoms with Gasteiger partial charge in [0.15, 0.2) is 0 Å². The van der Waals surface area contributed by atoms with Gasteiger partial charge in [0.05, 0.1) is 12.8 Å². The van der Waals surface area contributed by atoms with Gasteiger partial charge in [0, 0.05) is 6.20 Å². The van der Waals surface area contributed by atoms with E-state index in [1.165, 1.54) is 19.2 Å². The average Bonchev–Trinajstić information content (AvgIpc) is 2.46. The largest absolute Gasteiger partial charge is 0.507 e. The van der Waals surface area contributed by atoms with Crippen LogP contribution >= 0.6 is 0 Å². The minimum Gasteiger partial charge on any atom is -0.507 e. The molecule has 2 aromatic rings. The van der Waals surface area contributed by atoms with Crippen molar-refractivity contribution in [1.82, 2.24) is 4.98 Å². The number of rotatable bonds is 4. The van der Waals surface area contributed by atoms with Gasteiger partial charge in [-0.15, -0.1) is 0 Å². The maximum Gasteiger partial charge on any atom is 0.342 e. The van der Waals surface area contributed by atoms with Crippen LogP contribution in [0.25, 0.3) is 0 Å². The van der Waals surface area contributed by atoms with Crippen LogP contribution in [0.15, 0.2) is 42.6 Å². The van der Waals surface area contributed by atoms with E-state index in [9.17, 15) is 9.90 Å². The van der Waals surface area contributed by atoms with Crippen molar-refractivity contribution in [2.45, 2.75) is 6.61 Å². The fourth-order valence-electron chi connectivity index (χ4n) is 1.51. The molecule has 0 radical (unpaired) electrons. The van der Waals surface area contributed by atoms with E-state index in [1.807, 2.05) is 0 Å². The highest BCUT2D eigenvalue weighted by atomic mass is 16.5. The Labute approximate surface area is 110 Å². The Bertz CT molecular complexity index is 569. The van der Waals surface area contributed by atoms with Gasteiger partial charge in [0.2, 0.25) is 0 Å². The Morgan fingerprint density at radius 3 is 2.84 bits per heavy atom. The molecule has 1 aromatic carbocycles. The highest BCUT2D eigenvalue weighted by Crippen LogP contribution is 2.23. The highest BCUT2D eigenvalue weighted by molar-refractivity contribution is 5.92. The van der Waals surface area contributed by atoms with Gasteiger partial charge in [-0.1, -0.05) is 6.07 Å². The number of pyridine rings is 1. The minimum absolute atomic E-state index is 0.0519. The molecule has 5 nitrogen and oxygen atoms in total. The van der Waals surface area contributed by atoms with Gasteiger partial charge in [0.1, 0.15) is 23.7 Å². The van der Waals surface area contributed by atoms with Gasteiger partial charge in [-0.25, -0.2) is 4.79 Å².